The Bertz CT molecular complexity index is 447. The lowest BCUT2D eigenvalue weighted by Gasteiger charge is -2.22. The molecule has 2 rings (SSSR count). The average Bonchev–Trinajstić information content (AvgIpc) is 2.62. The van der Waals surface area contributed by atoms with Crippen molar-refractivity contribution in [1.82, 2.24) is 9.55 Å². The van der Waals surface area contributed by atoms with Gasteiger partial charge in [-0.25, -0.2) is 4.79 Å². The number of hydrogen-bond acceptors (Lipinski definition) is 6. The predicted octanol–water partition coefficient (Wildman–Crippen LogP) is -1.22. The molecule has 0 amide bonds. The van der Waals surface area contributed by atoms with Crippen molar-refractivity contribution in [2.24, 2.45) is 5.73 Å². The number of rotatable bonds is 2. The van der Waals surface area contributed by atoms with E-state index in [1.54, 1.807) is 0 Å². The molecule has 0 radical (unpaired) electrons. The van der Waals surface area contributed by atoms with Gasteiger partial charge in [0.2, 0.25) is 0 Å². The van der Waals surface area contributed by atoms with Crippen LogP contribution in [0.2, 0.25) is 0 Å². The topological polar surface area (TPSA) is 116 Å². The maximum Gasteiger partial charge on any atom is 0.351 e. The highest BCUT2D eigenvalue weighted by Gasteiger charge is 2.37. The van der Waals surface area contributed by atoms with E-state index in [0.29, 0.717) is 12.8 Å². The lowest BCUT2D eigenvalue weighted by molar-refractivity contribution is -0.0955. The number of aliphatic hydroxyl groups excluding tert-OH is 1. The van der Waals surface area contributed by atoms with Gasteiger partial charge in [0.1, 0.15) is 17.8 Å². The van der Waals surface area contributed by atoms with E-state index in [9.17, 15) is 4.79 Å². The molecule has 0 aliphatic carbocycles. The van der Waals surface area contributed by atoms with Crippen LogP contribution in [0, 0.1) is 0 Å². The zero-order valence-electron chi connectivity index (χ0n) is 8.67. The van der Waals surface area contributed by atoms with Crippen molar-refractivity contribution in [3.8, 4) is 0 Å². The van der Waals surface area contributed by atoms with Gasteiger partial charge in [0, 0.05) is 6.20 Å². The number of nitrogen functional groups attached to an aromatic ring is 1. The van der Waals surface area contributed by atoms with E-state index < -0.39 is 17.6 Å². The summed E-state index contributed by atoms with van der Waals surface area (Å²) < 4.78 is 6.73. The van der Waals surface area contributed by atoms with Crippen LogP contribution in [0.5, 0.6) is 0 Å². The van der Waals surface area contributed by atoms with Gasteiger partial charge in [-0.1, -0.05) is 0 Å². The number of ether oxygens (including phenoxy) is 1. The Morgan fingerprint density at radius 2 is 2.50 bits per heavy atom. The van der Waals surface area contributed by atoms with Gasteiger partial charge in [-0.2, -0.15) is 4.98 Å². The molecule has 1 aromatic rings. The standard InChI is InChI=1S/C9H14N4O3/c10-6-2-4-13(8(15)12-6)7-1-3-9(11,5-14)16-7/h2,4,7,14H,1,3,5,11H2,(H2,10,12,15). The fraction of sp³-hybridized carbons (Fsp3) is 0.556. The molecule has 2 unspecified atom stereocenters. The molecule has 2 atom stereocenters. The van der Waals surface area contributed by atoms with Crippen LogP contribution < -0.4 is 17.2 Å². The molecule has 1 aliphatic heterocycles. The summed E-state index contributed by atoms with van der Waals surface area (Å²) in [4.78, 5) is 15.1. The Hall–Kier alpha value is -1.44. The molecule has 1 aromatic heterocycles. The largest absolute Gasteiger partial charge is 0.392 e. The molecule has 88 valence electrons. The van der Waals surface area contributed by atoms with Crippen molar-refractivity contribution in [1.29, 1.82) is 0 Å². The maximum atomic E-state index is 11.5. The monoisotopic (exact) mass is 226 g/mol. The molecule has 2 heterocycles. The van der Waals surface area contributed by atoms with Crippen molar-refractivity contribution < 1.29 is 9.84 Å². The summed E-state index contributed by atoms with van der Waals surface area (Å²) in [6.45, 7) is -0.277. The van der Waals surface area contributed by atoms with E-state index in [1.165, 1.54) is 16.8 Å². The lowest BCUT2D eigenvalue weighted by Crippen LogP contribution is -2.43. The highest BCUT2D eigenvalue weighted by Crippen LogP contribution is 2.31. The SMILES string of the molecule is Nc1ccn(C2CCC(N)(CO)O2)c(=O)n1. The normalized spacial score (nSPS) is 29.5. The number of anilines is 1. The summed E-state index contributed by atoms with van der Waals surface area (Å²) in [5.74, 6) is 0.167. The van der Waals surface area contributed by atoms with Gasteiger partial charge in [-0.05, 0) is 18.9 Å². The first kappa shape index (κ1) is 11.1. The minimum Gasteiger partial charge on any atom is -0.392 e. The summed E-state index contributed by atoms with van der Waals surface area (Å²) >= 11 is 0. The second kappa shape index (κ2) is 3.85. The third-order valence-corrected chi connectivity index (χ3v) is 2.61. The molecule has 5 N–H and O–H groups in total. The summed E-state index contributed by atoms with van der Waals surface area (Å²) in [6.07, 6.45) is 2.07. The Morgan fingerprint density at radius 1 is 1.75 bits per heavy atom. The van der Waals surface area contributed by atoms with Crippen LogP contribution in [-0.2, 0) is 4.74 Å². The molecule has 1 saturated heterocycles. The van der Waals surface area contributed by atoms with E-state index in [4.69, 9.17) is 21.3 Å². The van der Waals surface area contributed by atoms with E-state index >= 15 is 0 Å². The van der Waals surface area contributed by atoms with E-state index in [2.05, 4.69) is 4.98 Å². The molecule has 16 heavy (non-hydrogen) atoms. The molecule has 7 heteroatoms. The van der Waals surface area contributed by atoms with Crippen LogP contribution in [0.25, 0.3) is 0 Å². The molecule has 1 fully saturated rings. The second-order valence-corrected chi connectivity index (χ2v) is 3.88. The fourth-order valence-electron chi connectivity index (χ4n) is 1.71. The number of nitrogens with two attached hydrogens (primary N) is 2. The second-order valence-electron chi connectivity index (χ2n) is 3.88. The van der Waals surface area contributed by atoms with E-state index in [0.717, 1.165) is 0 Å². The van der Waals surface area contributed by atoms with Crippen LogP contribution in [-0.4, -0.2) is 27.0 Å². The fourth-order valence-corrected chi connectivity index (χ4v) is 1.71. The van der Waals surface area contributed by atoms with Crippen LogP contribution in [0.3, 0.4) is 0 Å². The Kier molecular flexibility index (Phi) is 2.66. The highest BCUT2D eigenvalue weighted by molar-refractivity contribution is 5.23. The van der Waals surface area contributed by atoms with Gasteiger partial charge in [0.05, 0.1) is 6.61 Å². The third-order valence-electron chi connectivity index (χ3n) is 2.61. The molecule has 0 bridgehead atoms. The molecule has 1 aliphatic rings. The Labute approximate surface area is 91.6 Å². The third kappa shape index (κ3) is 1.92. The minimum absolute atomic E-state index is 0.167. The molecular formula is C9H14N4O3. The predicted molar refractivity (Wildman–Crippen MR) is 56.3 cm³/mol. The van der Waals surface area contributed by atoms with Gasteiger partial charge in [0.25, 0.3) is 0 Å². The summed E-state index contributed by atoms with van der Waals surface area (Å²) in [5.41, 5.74) is 9.57. The Balaban J connectivity index is 2.24. The molecule has 7 nitrogen and oxygen atoms in total. The number of nitrogens with zero attached hydrogens (tertiary/aromatic N) is 2. The van der Waals surface area contributed by atoms with Crippen molar-refractivity contribution in [2.75, 3.05) is 12.3 Å². The smallest absolute Gasteiger partial charge is 0.351 e. The van der Waals surface area contributed by atoms with Crippen molar-refractivity contribution in [3.63, 3.8) is 0 Å². The van der Waals surface area contributed by atoms with Gasteiger partial charge in [-0.3, -0.25) is 4.57 Å². The van der Waals surface area contributed by atoms with E-state index in [1.807, 2.05) is 0 Å². The summed E-state index contributed by atoms with van der Waals surface area (Å²) in [6, 6.07) is 1.51. The van der Waals surface area contributed by atoms with E-state index in [-0.39, 0.29) is 12.4 Å². The number of aliphatic hydroxyl groups is 1. The number of aromatic nitrogens is 2. The zero-order valence-corrected chi connectivity index (χ0v) is 8.67. The van der Waals surface area contributed by atoms with Gasteiger partial charge < -0.3 is 21.3 Å². The average molecular weight is 226 g/mol. The van der Waals surface area contributed by atoms with Crippen LogP contribution in [0.15, 0.2) is 17.1 Å². The van der Waals surface area contributed by atoms with Crippen LogP contribution in [0.1, 0.15) is 19.1 Å². The van der Waals surface area contributed by atoms with Gasteiger partial charge in [0.15, 0.2) is 0 Å². The molecule has 0 saturated carbocycles. The number of hydrogen-bond donors (Lipinski definition) is 3. The summed E-state index contributed by atoms with van der Waals surface area (Å²) in [5, 5.41) is 9.03. The van der Waals surface area contributed by atoms with Crippen molar-refractivity contribution in [3.05, 3.63) is 22.7 Å². The Morgan fingerprint density at radius 3 is 3.06 bits per heavy atom. The maximum absolute atomic E-state index is 11.5. The first-order valence-corrected chi connectivity index (χ1v) is 4.96. The first-order valence-electron chi connectivity index (χ1n) is 4.96. The molecular weight excluding hydrogens is 212 g/mol. The van der Waals surface area contributed by atoms with Crippen molar-refractivity contribution >= 4 is 5.82 Å². The molecule has 0 aromatic carbocycles. The van der Waals surface area contributed by atoms with Gasteiger partial charge >= 0.3 is 5.69 Å². The first-order chi connectivity index (χ1) is 7.54. The highest BCUT2D eigenvalue weighted by atomic mass is 16.6. The minimum atomic E-state index is -1.06. The zero-order chi connectivity index (χ0) is 11.8. The van der Waals surface area contributed by atoms with Crippen molar-refractivity contribution in [2.45, 2.75) is 24.8 Å². The summed E-state index contributed by atoms with van der Waals surface area (Å²) in [7, 11) is 0. The quantitative estimate of drug-likeness (QED) is 0.582. The van der Waals surface area contributed by atoms with Crippen LogP contribution in [0.4, 0.5) is 5.82 Å². The molecule has 0 spiro atoms. The lowest BCUT2D eigenvalue weighted by atomic mass is 10.1. The van der Waals surface area contributed by atoms with Crippen LogP contribution >= 0.6 is 0 Å². The van der Waals surface area contributed by atoms with Gasteiger partial charge in [-0.15, -0.1) is 0 Å².